The SMILES string of the molecule is CC(=O)OCCOc1ccc(C(c2ccc(OCc3ccccc3)cc2)c2ccccn2)cc1. The zero-order chi connectivity index (χ0) is 23.6. The molecule has 4 rings (SSSR count). The van der Waals surface area contributed by atoms with Gasteiger partial charge < -0.3 is 14.2 Å². The maximum atomic E-state index is 10.9. The Kier molecular flexibility index (Phi) is 7.90. The summed E-state index contributed by atoms with van der Waals surface area (Å²) in [5.74, 6) is 1.21. The third-order valence-corrected chi connectivity index (χ3v) is 5.32. The molecule has 0 fully saturated rings. The Morgan fingerprint density at radius 2 is 1.35 bits per heavy atom. The van der Waals surface area contributed by atoms with Crippen molar-refractivity contribution in [2.75, 3.05) is 13.2 Å². The molecule has 0 spiro atoms. The van der Waals surface area contributed by atoms with E-state index in [1.807, 2.05) is 79.0 Å². The van der Waals surface area contributed by atoms with Gasteiger partial charge in [0.1, 0.15) is 31.3 Å². The van der Waals surface area contributed by atoms with Gasteiger partial charge in [-0.05, 0) is 53.1 Å². The molecule has 3 aromatic carbocycles. The molecule has 34 heavy (non-hydrogen) atoms. The van der Waals surface area contributed by atoms with E-state index in [-0.39, 0.29) is 18.5 Å². The molecule has 1 unspecified atom stereocenters. The second-order valence-corrected chi connectivity index (χ2v) is 7.79. The second kappa shape index (κ2) is 11.7. The number of pyridine rings is 1. The minimum atomic E-state index is -0.311. The van der Waals surface area contributed by atoms with Crippen LogP contribution in [0.1, 0.15) is 35.2 Å². The summed E-state index contributed by atoms with van der Waals surface area (Å²) in [5.41, 5.74) is 4.32. The molecule has 0 aliphatic rings. The van der Waals surface area contributed by atoms with Crippen molar-refractivity contribution in [3.05, 3.63) is 126 Å². The Labute approximate surface area is 200 Å². The Morgan fingerprint density at radius 1 is 0.735 bits per heavy atom. The molecule has 1 aromatic heterocycles. The number of carbonyl (C=O) groups is 1. The Bertz CT molecular complexity index is 1160. The molecular weight excluding hydrogens is 426 g/mol. The summed E-state index contributed by atoms with van der Waals surface area (Å²) in [5, 5.41) is 0. The summed E-state index contributed by atoms with van der Waals surface area (Å²) < 4.78 is 16.5. The molecule has 172 valence electrons. The van der Waals surface area contributed by atoms with Gasteiger partial charge in [-0.1, -0.05) is 60.7 Å². The van der Waals surface area contributed by atoms with E-state index in [0.29, 0.717) is 13.2 Å². The molecule has 1 atom stereocenters. The average molecular weight is 454 g/mol. The van der Waals surface area contributed by atoms with Crippen molar-refractivity contribution in [3.63, 3.8) is 0 Å². The van der Waals surface area contributed by atoms with E-state index < -0.39 is 0 Å². The molecule has 0 radical (unpaired) electrons. The van der Waals surface area contributed by atoms with Gasteiger partial charge in [0.15, 0.2) is 0 Å². The standard InChI is InChI=1S/C29H27NO4/c1-22(31)32-19-20-33-26-14-10-24(11-15-26)29(28-9-5-6-18-30-28)25-12-16-27(17-13-25)34-21-23-7-3-2-4-8-23/h2-18,29H,19-21H2,1H3. The summed E-state index contributed by atoms with van der Waals surface area (Å²) in [6.45, 7) is 2.46. The van der Waals surface area contributed by atoms with Crippen LogP contribution in [-0.2, 0) is 16.1 Å². The highest BCUT2D eigenvalue weighted by Crippen LogP contribution is 2.32. The van der Waals surface area contributed by atoms with E-state index >= 15 is 0 Å². The zero-order valence-corrected chi connectivity index (χ0v) is 19.1. The summed E-state index contributed by atoms with van der Waals surface area (Å²) in [4.78, 5) is 15.5. The number of rotatable bonds is 10. The fraction of sp³-hybridized carbons (Fsp3) is 0.172. The Balaban J connectivity index is 1.49. The van der Waals surface area contributed by atoms with Gasteiger partial charge in [-0.2, -0.15) is 0 Å². The first-order valence-electron chi connectivity index (χ1n) is 11.2. The number of hydrogen-bond acceptors (Lipinski definition) is 5. The normalized spacial score (nSPS) is 11.4. The first-order chi connectivity index (χ1) is 16.7. The third-order valence-electron chi connectivity index (χ3n) is 5.32. The molecule has 0 N–H and O–H groups in total. The quantitative estimate of drug-likeness (QED) is 0.225. The third kappa shape index (κ3) is 6.45. The van der Waals surface area contributed by atoms with Gasteiger partial charge in [0, 0.05) is 13.1 Å². The van der Waals surface area contributed by atoms with E-state index in [2.05, 4.69) is 29.2 Å². The summed E-state index contributed by atoms with van der Waals surface area (Å²) >= 11 is 0. The molecule has 0 aliphatic carbocycles. The van der Waals surface area contributed by atoms with Crippen molar-refractivity contribution in [1.29, 1.82) is 0 Å². The predicted octanol–water partition coefficient (Wildman–Crippen LogP) is 5.78. The largest absolute Gasteiger partial charge is 0.490 e. The number of nitrogens with zero attached hydrogens (tertiary/aromatic N) is 1. The number of benzene rings is 3. The Morgan fingerprint density at radius 3 is 1.94 bits per heavy atom. The highest BCUT2D eigenvalue weighted by molar-refractivity contribution is 5.65. The predicted molar refractivity (Wildman–Crippen MR) is 131 cm³/mol. The number of carbonyl (C=O) groups excluding carboxylic acids is 1. The second-order valence-electron chi connectivity index (χ2n) is 7.79. The van der Waals surface area contributed by atoms with Crippen LogP contribution in [-0.4, -0.2) is 24.2 Å². The van der Waals surface area contributed by atoms with E-state index in [0.717, 1.165) is 33.9 Å². The van der Waals surface area contributed by atoms with E-state index in [1.54, 1.807) is 0 Å². The molecule has 4 aromatic rings. The minimum Gasteiger partial charge on any atom is -0.490 e. The van der Waals surface area contributed by atoms with Crippen LogP contribution in [0.25, 0.3) is 0 Å². The molecule has 0 aliphatic heterocycles. The molecular formula is C29H27NO4. The summed E-state index contributed by atoms with van der Waals surface area (Å²) in [6, 6.07) is 32.2. The van der Waals surface area contributed by atoms with Crippen LogP contribution in [0.5, 0.6) is 11.5 Å². The molecule has 0 amide bonds. The fourth-order valence-electron chi connectivity index (χ4n) is 3.68. The van der Waals surface area contributed by atoms with Crippen molar-refractivity contribution < 1.29 is 19.0 Å². The smallest absolute Gasteiger partial charge is 0.302 e. The molecule has 1 heterocycles. The zero-order valence-electron chi connectivity index (χ0n) is 19.1. The maximum absolute atomic E-state index is 10.9. The van der Waals surface area contributed by atoms with Crippen LogP contribution in [0.15, 0.2) is 103 Å². The van der Waals surface area contributed by atoms with Crippen molar-refractivity contribution >= 4 is 5.97 Å². The van der Waals surface area contributed by atoms with Gasteiger partial charge in [-0.15, -0.1) is 0 Å². The van der Waals surface area contributed by atoms with Crippen LogP contribution in [0.4, 0.5) is 0 Å². The van der Waals surface area contributed by atoms with E-state index in [4.69, 9.17) is 14.2 Å². The van der Waals surface area contributed by atoms with Crippen molar-refractivity contribution in [1.82, 2.24) is 4.98 Å². The van der Waals surface area contributed by atoms with Crippen LogP contribution in [0.3, 0.4) is 0 Å². The molecule has 5 nitrogen and oxygen atoms in total. The first kappa shape index (κ1) is 23.1. The van der Waals surface area contributed by atoms with Crippen LogP contribution in [0, 0.1) is 0 Å². The fourth-order valence-corrected chi connectivity index (χ4v) is 3.68. The van der Waals surface area contributed by atoms with Gasteiger partial charge in [-0.25, -0.2) is 0 Å². The lowest BCUT2D eigenvalue weighted by molar-refractivity contribution is -0.141. The molecule has 5 heteroatoms. The minimum absolute atomic E-state index is 0.0283. The monoisotopic (exact) mass is 453 g/mol. The Hall–Kier alpha value is -4.12. The number of ether oxygens (including phenoxy) is 3. The van der Waals surface area contributed by atoms with Gasteiger partial charge in [0.25, 0.3) is 0 Å². The van der Waals surface area contributed by atoms with Crippen LogP contribution in [0.2, 0.25) is 0 Å². The van der Waals surface area contributed by atoms with Gasteiger partial charge in [-0.3, -0.25) is 9.78 Å². The summed E-state index contributed by atoms with van der Waals surface area (Å²) in [7, 11) is 0. The summed E-state index contributed by atoms with van der Waals surface area (Å²) in [6.07, 6.45) is 1.81. The van der Waals surface area contributed by atoms with Gasteiger partial charge in [0.05, 0.1) is 11.6 Å². The highest BCUT2D eigenvalue weighted by Gasteiger charge is 2.18. The van der Waals surface area contributed by atoms with Crippen molar-refractivity contribution in [2.45, 2.75) is 19.4 Å². The molecule has 0 saturated heterocycles. The lowest BCUT2D eigenvalue weighted by Crippen LogP contribution is -2.09. The van der Waals surface area contributed by atoms with E-state index in [1.165, 1.54) is 6.92 Å². The topological polar surface area (TPSA) is 57.7 Å². The van der Waals surface area contributed by atoms with Gasteiger partial charge in [0.2, 0.25) is 0 Å². The average Bonchev–Trinajstić information content (AvgIpc) is 2.88. The highest BCUT2D eigenvalue weighted by atomic mass is 16.6. The maximum Gasteiger partial charge on any atom is 0.302 e. The van der Waals surface area contributed by atoms with Crippen molar-refractivity contribution in [2.24, 2.45) is 0 Å². The number of esters is 1. The number of aromatic nitrogens is 1. The van der Waals surface area contributed by atoms with Crippen molar-refractivity contribution in [3.8, 4) is 11.5 Å². The van der Waals surface area contributed by atoms with Crippen LogP contribution < -0.4 is 9.47 Å². The van der Waals surface area contributed by atoms with E-state index in [9.17, 15) is 4.79 Å². The lowest BCUT2D eigenvalue weighted by Gasteiger charge is -2.19. The molecule has 0 bridgehead atoms. The van der Waals surface area contributed by atoms with Crippen LogP contribution >= 0.6 is 0 Å². The first-order valence-corrected chi connectivity index (χ1v) is 11.2. The lowest BCUT2D eigenvalue weighted by atomic mass is 9.88. The van der Waals surface area contributed by atoms with Gasteiger partial charge >= 0.3 is 5.97 Å². The molecule has 0 saturated carbocycles. The number of hydrogen-bond donors (Lipinski definition) is 0.